The summed E-state index contributed by atoms with van der Waals surface area (Å²) in [6.07, 6.45) is 2.07. The van der Waals surface area contributed by atoms with Gasteiger partial charge in [-0.05, 0) is 61.4 Å². The molecule has 1 aromatic heterocycles. The summed E-state index contributed by atoms with van der Waals surface area (Å²) in [6.45, 7) is 5.84. The number of hydrogen-bond acceptors (Lipinski definition) is 1. The zero-order valence-corrected chi connectivity index (χ0v) is 14.9. The van der Waals surface area contributed by atoms with Gasteiger partial charge in [0.2, 0.25) is 0 Å². The first-order valence-electron chi connectivity index (χ1n) is 9.06. The van der Waals surface area contributed by atoms with Crippen molar-refractivity contribution in [3.8, 4) is 0 Å². The van der Waals surface area contributed by atoms with Crippen LogP contribution in [-0.2, 0) is 0 Å². The molecule has 0 atom stereocenters. The molecule has 1 amide bonds. The molecule has 0 unspecified atom stereocenters. The Morgan fingerprint density at radius 2 is 1.76 bits per heavy atom. The average molecular weight is 332 g/mol. The highest BCUT2D eigenvalue weighted by molar-refractivity contribution is 5.99. The Morgan fingerprint density at radius 3 is 2.48 bits per heavy atom. The molecule has 2 heterocycles. The number of benzene rings is 2. The van der Waals surface area contributed by atoms with Gasteiger partial charge in [0.25, 0.3) is 5.91 Å². The monoisotopic (exact) mass is 332 g/mol. The average Bonchev–Trinajstić information content (AvgIpc) is 3.06. The molecular weight excluding hydrogens is 308 g/mol. The van der Waals surface area contributed by atoms with Crippen molar-refractivity contribution >= 4 is 16.8 Å². The van der Waals surface area contributed by atoms with Crippen molar-refractivity contribution in [1.82, 2.24) is 9.88 Å². The molecule has 0 spiro atoms. The van der Waals surface area contributed by atoms with Crippen LogP contribution in [0, 0.1) is 13.8 Å². The molecule has 1 aliphatic heterocycles. The first-order valence-corrected chi connectivity index (χ1v) is 9.06. The molecule has 0 radical (unpaired) electrons. The normalized spacial score (nSPS) is 15.7. The van der Waals surface area contributed by atoms with Gasteiger partial charge < -0.3 is 9.88 Å². The minimum atomic E-state index is 0.125. The molecular formula is C22H24N2O. The van der Waals surface area contributed by atoms with Gasteiger partial charge in [-0.2, -0.15) is 0 Å². The molecule has 3 heteroatoms. The standard InChI is InChI=1S/C22H24N2O/c1-15-12-16(2)19-14-21(23-20(19)13-15)22(25)24-10-8-18(9-11-24)17-6-4-3-5-7-17/h3-7,12-14,18,23H,8-11H2,1-2H3. The molecule has 25 heavy (non-hydrogen) atoms. The molecule has 0 bridgehead atoms. The van der Waals surface area contributed by atoms with Gasteiger partial charge in [0.15, 0.2) is 0 Å². The van der Waals surface area contributed by atoms with Gasteiger partial charge in [-0.15, -0.1) is 0 Å². The number of likely N-dealkylation sites (tertiary alicyclic amines) is 1. The maximum Gasteiger partial charge on any atom is 0.270 e. The minimum Gasteiger partial charge on any atom is -0.351 e. The van der Waals surface area contributed by atoms with E-state index in [2.05, 4.69) is 61.3 Å². The lowest BCUT2D eigenvalue weighted by molar-refractivity contribution is 0.0708. The lowest BCUT2D eigenvalue weighted by Crippen LogP contribution is -2.38. The van der Waals surface area contributed by atoms with Crippen LogP contribution in [0.2, 0.25) is 0 Å². The molecule has 1 fully saturated rings. The molecule has 0 saturated carbocycles. The number of hydrogen-bond donors (Lipinski definition) is 1. The van der Waals surface area contributed by atoms with E-state index in [4.69, 9.17) is 0 Å². The Bertz CT molecular complexity index is 902. The van der Waals surface area contributed by atoms with Crippen LogP contribution in [0.4, 0.5) is 0 Å². The molecule has 4 rings (SSSR count). The predicted molar refractivity (Wildman–Crippen MR) is 102 cm³/mol. The highest BCUT2D eigenvalue weighted by Gasteiger charge is 2.25. The largest absolute Gasteiger partial charge is 0.351 e. The Labute approximate surface area is 148 Å². The molecule has 1 N–H and O–H groups in total. The Morgan fingerprint density at radius 1 is 1.04 bits per heavy atom. The van der Waals surface area contributed by atoms with Crippen LogP contribution in [0.5, 0.6) is 0 Å². The molecule has 2 aromatic carbocycles. The molecule has 0 aliphatic carbocycles. The van der Waals surface area contributed by atoms with Gasteiger partial charge in [-0.3, -0.25) is 4.79 Å². The van der Waals surface area contributed by atoms with Crippen molar-refractivity contribution in [2.75, 3.05) is 13.1 Å². The third-order valence-corrected chi connectivity index (χ3v) is 5.37. The summed E-state index contributed by atoms with van der Waals surface area (Å²) in [5, 5.41) is 1.15. The summed E-state index contributed by atoms with van der Waals surface area (Å²) in [6, 6.07) is 16.9. The van der Waals surface area contributed by atoms with Crippen molar-refractivity contribution in [1.29, 1.82) is 0 Å². The third-order valence-electron chi connectivity index (χ3n) is 5.37. The summed E-state index contributed by atoms with van der Waals surface area (Å²) in [5.74, 6) is 0.692. The van der Waals surface area contributed by atoms with Crippen LogP contribution >= 0.6 is 0 Å². The number of aromatic nitrogens is 1. The van der Waals surface area contributed by atoms with Crippen LogP contribution in [0.3, 0.4) is 0 Å². The van der Waals surface area contributed by atoms with Crippen molar-refractivity contribution in [2.24, 2.45) is 0 Å². The van der Waals surface area contributed by atoms with E-state index >= 15 is 0 Å². The van der Waals surface area contributed by atoms with Crippen LogP contribution in [-0.4, -0.2) is 28.9 Å². The van der Waals surface area contributed by atoms with E-state index in [0.29, 0.717) is 11.6 Å². The van der Waals surface area contributed by atoms with E-state index < -0.39 is 0 Å². The molecule has 3 aromatic rings. The second-order valence-electron chi connectivity index (χ2n) is 7.20. The fourth-order valence-corrected chi connectivity index (χ4v) is 4.03. The van der Waals surface area contributed by atoms with Gasteiger partial charge >= 0.3 is 0 Å². The fraction of sp³-hybridized carbons (Fsp3) is 0.318. The number of fused-ring (bicyclic) bond motifs is 1. The van der Waals surface area contributed by atoms with Gasteiger partial charge in [0, 0.05) is 24.0 Å². The lowest BCUT2D eigenvalue weighted by Gasteiger charge is -2.32. The first kappa shape index (κ1) is 15.9. The number of H-pyrrole nitrogens is 1. The van der Waals surface area contributed by atoms with Crippen LogP contribution in [0.25, 0.3) is 10.9 Å². The Hall–Kier alpha value is -2.55. The summed E-state index contributed by atoms with van der Waals surface area (Å²) in [5.41, 5.74) is 5.59. The maximum atomic E-state index is 12.9. The van der Waals surface area contributed by atoms with Gasteiger partial charge in [0.1, 0.15) is 5.69 Å². The molecule has 3 nitrogen and oxygen atoms in total. The van der Waals surface area contributed by atoms with Crippen molar-refractivity contribution in [3.05, 3.63) is 70.9 Å². The van der Waals surface area contributed by atoms with Crippen LogP contribution < -0.4 is 0 Å². The summed E-state index contributed by atoms with van der Waals surface area (Å²) >= 11 is 0. The van der Waals surface area contributed by atoms with Crippen LogP contribution in [0.1, 0.15) is 45.9 Å². The number of carbonyl (C=O) groups is 1. The SMILES string of the molecule is Cc1cc(C)c2cc(C(=O)N3CCC(c4ccccc4)CC3)[nH]c2c1. The number of amides is 1. The molecule has 1 aliphatic rings. The third kappa shape index (κ3) is 3.07. The second kappa shape index (κ2) is 6.40. The number of aromatic amines is 1. The number of carbonyl (C=O) groups excluding carboxylic acids is 1. The van der Waals surface area contributed by atoms with E-state index in [1.165, 1.54) is 16.7 Å². The highest BCUT2D eigenvalue weighted by Crippen LogP contribution is 2.29. The van der Waals surface area contributed by atoms with Crippen molar-refractivity contribution in [3.63, 3.8) is 0 Å². The van der Waals surface area contributed by atoms with E-state index in [0.717, 1.165) is 36.8 Å². The number of aryl methyl sites for hydroxylation is 2. The predicted octanol–water partition coefficient (Wildman–Crippen LogP) is 4.80. The first-order chi connectivity index (χ1) is 12.1. The summed E-state index contributed by atoms with van der Waals surface area (Å²) in [7, 11) is 0. The van der Waals surface area contributed by atoms with E-state index in [-0.39, 0.29) is 5.91 Å². The summed E-state index contributed by atoms with van der Waals surface area (Å²) in [4.78, 5) is 18.2. The smallest absolute Gasteiger partial charge is 0.270 e. The fourth-order valence-electron chi connectivity index (χ4n) is 4.03. The molecule has 1 saturated heterocycles. The second-order valence-corrected chi connectivity index (χ2v) is 7.20. The van der Waals surface area contributed by atoms with Crippen molar-refractivity contribution < 1.29 is 4.79 Å². The number of rotatable bonds is 2. The number of nitrogens with zero attached hydrogens (tertiary/aromatic N) is 1. The maximum absolute atomic E-state index is 12.9. The highest BCUT2D eigenvalue weighted by atomic mass is 16.2. The van der Waals surface area contributed by atoms with Gasteiger partial charge in [-0.1, -0.05) is 36.4 Å². The van der Waals surface area contributed by atoms with E-state index in [1.807, 2.05) is 11.0 Å². The minimum absolute atomic E-state index is 0.125. The lowest BCUT2D eigenvalue weighted by atomic mass is 9.89. The van der Waals surface area contributed by atoms with Crippen LogP contribution in [0.15, 0.2) is 48.5 Å². The number of piperidine rings is 1. The Balaban J connectivity index is 1.50. The van der Waals surface area contributed by atoms with E-state index in [9.17, 15) is 4.79 Å². The van der Waals surface area contributed by atoms with Crippen molar-refractivity contribution in [2.45, 2.75) is 32.6 Å². The number of nitrogens with one attached hydrogen (secondary N) is 1. The van der Waals surface area contributed by atoms with Gasteiger partial charge in [-0.25, -0.2) is 0 Å². The topological polar surface area (TPSA) is 36.1 Å². The molecule has 128 valence electrons. The van der Waals surface area contributed by atoms with E-state index in [1.54, 1.807) is 0 Å². The zero-order chi connectivity index (χ0) is 17.4. The quantitative estimate of drug-likeness (QED) is 0.718. The zero-order valence-electron chi connectivity index (χ0n) is 14.9. The summed E-state index contributed by atoms with van der Waals surface area (Å²) < 4.78 is 0. The Kier molecular flexibility index (Phi) is 4.08. The van der Waals surface area contributed by atoms with Gasteiger partial charge in [0.05, 0.1) is 0 Å².